The summed E-state index contributed by atoms with van der Waals surface area (Å²) in [4.78, 5) is 34.6. The molecule has 0 bridgehead atoms. The van der Waals surface area contributed by atoms with Crippen molar-refractivity contribution in [3.8, 4) is 16.9 Å². The summed E-state index contributed by atoms with van der Waals surface area (Å²) in [7, 11) is 0. The highest BCUT2D eigenvalue weighted by Gasteiger charge is 2.29. The van der Waals surface area contributed by atoms with Crippen molar-refractivity contribution in [2.24, 2.45) is 0 Å². The molecule has 1 heterocycles. The number of carboxylic acid groups (broad SMARTS) is 2. The van der Waals surface area contributed by atoms with Crippen molar-refractivity contribution in [1.29, 1.82) is 0 Å². The zero-order valence-electron chi connectivity index (χ0n) is 25.5. The lowest BCUT2D eigenvalue weighted by atomic mass is 9.98. The highest BCUT2D eigenvalue weighted by Crippen LogP contribution is 2.27. The summed E-state index contributed by atoms with van der Waals surface area (Å²) in [5.41, 5.74) is 6.61. The molecule has 4 aromatic carbocycles. The molecule has 0 saturated carbocycles. The molecule has 0 aromatic heterocycles. The molecule has 1 aliphatic heterocycles. The summed E-state index contributed by atoms with van der Waals surface area (Å²) < 4.78 is 6.18. The molecule has 5 rings (SSSR count). The monoisotopic (exact) mass is 626 g/mol. The Hall–Kier alpha value is -5.03. The molecule has 1 aliphatic rings. The zero-order chi connectivity index (χ0) is 33.1. The number of carbonyl (C=O) groups excluding carboxylic acids is 1. The maximum absolute atomic E-state index is 13.1. The number of aliphatic carboxylic acids is 2. The van der Waals surface area contributed by atoms with Gasteiger partial charge in [0.05, 0.1) is 0 Å². The van der Waals surface area contributed by atoms with Crippen LogP contribution in [0.5, 0.6) is 5.75 Å². The molecule has 10 nitrogen and oxygen atoms in total. The molecule has 0 spiro atoms. The second-order valence-electron chi connectivity index (χ2n) is 10.8. The first-order chi connectivity index (χ1) is 22.2. The van der Waals surface area contributed by atoms with Crippen LogP contribution in [-0.2, 0) is 22.6 Å². The molecule has 4 aromatic rings. The second kappa shape index (κ2) is 16.3. The Morgan fingerprint density at radius 3 is 2.09 bits per heavy atom. The number of benzene rings is 4. The number of hydrogen-bond acceptors (Lipinski definition) is 7. The van der Waals surface area contributed by atoms with E-state index in [4.69, 9.17) is 25.2 Å². The van der Waals surface area contributed by atoms with Gasteiger partial charge in [-0.3, -0.25) is 4.79 Å². The fourth-order valence-corrected chi connectivity index (χ4v) is 5.07. The van der Waals surface area contributed by atoms with Crippen LogP contribution in [0, 0.1) is 0 Å². The van der Waals surface area contributed by atoms with Crippen LogP contribution in [0.15, 0.2) is 103 Å². The van der Waals surface area contributed by atoms with Crippen LogP contribution in [0.25, 0.3) is 11.1 Å². The van der Waals surface area contributed by atoms with Gasteiger partial charge in [-0.2, -0.15) is 0 Å². The fraction of sp³-hybridized carbons (Fsp3) is 0.250. The van der Waals surface area contributed by atoms with E-state index < -0.39 is 24.1 Å². The third-order valence-electron chi connectivity index (χ3n) is 7.68. The lowest BCUT2D eigenvalue weighted by Gasteiger charge is -2.29. The minimum absolute atomic E-state index is 0.103. The predicted octanol–water partition coefficient (Wildman–Crippen LogP) is 4.16. The Morgan fingerprint density at radius 1 is 0.826 bits per heavy atom. The summed E-state index contributed by atoms with van der Waals surface area (Å²) in [5, 5.41) is 36.1. The number of carboxylic acids is 2. The highest BCUT2D eigenvalue weighted by molar-refractivity contribution is 5.97. The third kappa shape index (κ3) is 9.01. The smallest absolute Gasteiger partial charge is 0.335 e. The Morgan fingerprint density at radius 2 is 1.43 bits per heavy atom. The average Bonchev–Trinajstić information content (AvgIpc) is 3.08. The number of carbonyl (C=O) groups is 3. The van der Waals surface area contributed by atoms with Crippen molar-refractivity contribution >= 4 is 17.8 Å². The number of aliphatic hydroxyl groups is 2. The third-order valence-corrected chi connectivity index (χ3v) is 7.68. The average molecular weight is 627 g/mol. The van der Waals surface area contributed by atoms with Crippen LogP contribution in [0.1, 0.15) is 40.0 Å². The molecule has 5 N–H and O–H groups in total. The lowest BCUT2D eigenvalue weighted by Crippen LogP contribution is -2.41. The topological polar surface area (TPSA) is 157 Å². The van der Waals surface area contributed by atoms with Gasteiger partial charge in [-0.25, -0.2) is 9.59 Å². The standard InChI is InChI=1S/C32H32N2O2.C4H6O6/c1-24(25-10-4-2-5-11-25)33-19-21-34-20-18-27-22-29(16-17-31(27)32(34)35)36-23-28-14-8-9-15-30(28)26-12-6-3-7-13-26;5-1(3(7)8)2(6)4(9)10/h2-17,22,24,33H,18-21,23H2,1H3;1-2,5-6H,(H,7,8)(H,9,10)/t24-;1-,2-/m11/s1. The van der Waals surface area contributed by atoms with Gasteiger partial charge >= 0.3 is 11.9 Å². The molecule has 1 amide bonds. The predicted molar refractivity (Wildman–Crippen MR) is 172 cm³/mol. The minimum atomic E-state index is -2.27. The van der Waals surface area contributed by atoms with E-state index in [1.165, 1.54) is 16.7 Å². The molecule has 46 heavy (non-hydrogen) atoms. The first-order valence-corrected chi connectivity index (χ1v) is 14.9. The Labute approximate surface area is 267 Å². The van der Waals surface area contributed by atoms with Crippen molar-refractivity contribution in [2.75, 3.05) is 19.6 Å². The van der Waals surface area contributed by atoms with E-state index in [1.54, 1.807) is 0 Å². The van der Waals surface area contributed by atoms with Gasteiger partial charge in [0.1, 0.15) is 12.4 Å². The van der Waals surface area contributed by atoms with E-state index >= 15 is 0 Å². The van der Waals surface area contributed by atoms with E-state index in [-0.39, 0.29) is 11.9 Å². The molecule has 0 saturated heterocycles. The van der Waals surface area contributed by atoms with Crippen molar-refractivity contribution in [1.82, 2.24) is 10.2 Å². The summed E-state index contributed by atoms with van der Waals surface area (Å²) >= 11 is 0. The van der Waals surface area contributed by atoms with E-state index in [1.807, 2.05) is 41.3 Å². The Bertz CT molecular complexity index is 1600. The number of amides is 1. The Balaban J connectivity index is 0.000000416. The van der Waals surface area contributed by atoms with Crippen LogP contribution in [0.2, 0.25) is 0 Å². The number of ether oxygens (including phenoxy) is 1. The summed E-state index contributed by atoms with van der Waals surface area (Å²) in [5.74, 6) is -2.63. The number of fused-ring (bicyclic) bond motifs is 1. The van der Waals surface area contributed by atoms with Crippen LogP contribution in [0.3, 0.4) is 0 Å². The molecule has 0 aliphatic carbocycles. The maximum Gasteiger partial charge on any atom is 0.335 e. The van der Waals surface area contributed by atoms with Gasteiger partial charge in [-0.1, -0.05) is 84.9 Å². The molecular formula is C36H38N2O8. The SMILES string of the molecule is C[C@@H](NCCN1CCc2cc(OCc3ccccc3-c3ccccc3)ccc2C1=O)c1ccccc1.O=C(O)[C@H](O)[C@@H](O)C(=O)O. The first-order valence-electron chi connectivity index (χ1n) is 14.9. The van der Waals surface area contributed by atoms with Gasteiger partial charge in [-0.05, 0) is 59.4 Å². The van der Waals surface area contributed by atoms with Crippen molar-refractivity contribution < 1.29 is 39.5 Å². The van der Waals surface area contributed by atoms with Gasteiger partial charge in [0, 0.05) is 31.2 Å². The summed E-state index contributed by atoms with van der Waals surface area (Å²) in [6.45, 7) is 4.83. The first kappa shape index (κ1) is 33.9. The van der Waals surface area contributed by atoms with E-state index in [9.17, 15) is 14.4 Å². The molecule has 3 atom stereocenters. The molecule has 10 heteroatoms. The summed E-state index contributed by atoms with van der Waals surface area (Å²) in [6.07, 6.45) is -3.69. The number of nitrogens with zero attached hydrogens (tertiary/aromatic N) is 1. The molecular weight excluding hydrogens is 588 g/mol. The van der Waals surface area contributed by atoms with Crippen molar-refractivity contribution in [2.45, 2.75) is 38.2 Å². The molecule has 0 fully saturated rings. The van der Waals surface area contributed by atoms with Crippen LogP contribution >= 0.6 is 0 Å². The number of rotatable bonds is 12. The van der Waals surface area contributed by atoms with Gasteiger partial charge in [0.25, 0.3) is 5.91 Å². The normalized spacial score (nSPS) is 14.2. The number of aliphatic hydroxyl groups excluding tert-OH is 2. The van der Waals surface area contributed by atoms with E-state index in [0.29, 0.717) is 13.2 Å². The minimum Gasteiger partial charge on any atom is -0.489 e. The quantitative estimate of drug-likeness (QED) is 0.156. The summed E-state index contributed by atoms with van der Waals surface area (Å²) in [6, 6.07) is 35.2. The Kier molecular flexibility index (Phi) is 12.0. The van der Waals surface area contributed by atoms with E-state index in [0.717, 1.165) is 42.0 Å². The molecule has 0 radical (unpaired) electrons. The number of hydrogen-bond donors (Lipinski definition) is 5. The second-order valence-corrected chi connectivity index (χ2v) is 10.8. The van der Waals surface area contributed by atoms with Crippen LogP contribution in [-0.4, -0.2) is 75.0 Å². The van der Waals surface area contributed by atoms with Gasteiger partial charge in [0.2, 0.25) is 0 Å². The molecule has 0 unspecified atom stereocenters. The largest absolute Gasteiger partial charge is 0.489 e. The highest BCUT2D eigenvalue weighted by atomic mass is 16.5. The van der Waals surface area contributed by atoms with Crippen molar-refractivity contribution in [3.63, 3.8) is 0 Å². The maximum atomic E-state index is 13.1. The van der Waals surface area contributed by atoms with Gasteiger partial charge in [0.15, 0.2) is 12.2 Å². The fourth-order valence-electron chi connectivity index (χ4n) is 5.07. The zero-order valence-corrected chi connectivity index (χ0v) is 25.5. The van der Waals surface area contributed by atoms with Crippen LogP contribution in [0.4, 0.5) is 0 Å². The van der Waals surface area contributed by atoms with E-state index in [2.05, 4.69) is 79.0 Å². The van der Waals surface area contributed by atoms with Gasteiger partial charge < -0.3 is 35.4 Å². The van der Waals surface area contributed by atoms with Crippen LogP contribution < -0.4 is 10.1 Å². The molecule has 240 valence electrons. The van der Waals surface area contributed by atoms with Crippen molar-refractivity contribution in [3.05, 3.63) is 125 Å². The van der Waals surface area contributed by atoms with Gasteiger partial charge in [-0.15, -0.1) is 0 Å². The number of nitrogens with one attached hydrogen (secondary N) is 1. The lowest BCUT2D eigenvalue weighted by molar-refractivity contribution is -0.165.